The van der Waals surface area contributed by atoms with Crippen LogP contribution in [0.2, 0.25) is 0 Å². The minimum absolute atomic E-state index is 0.105. The summed E-state index contributed by atoms with van der Waals surface area (Å²) in [5.74, 6) is 0.828. The minimum atomic E-state index is -0.105. The number of piperazine rings is 1. The van der Waals surface area contributed by atoms with Crippen molar-refractivity contribution in [3.63, 3.8) is 0 Å². The van der Waals surface area contributed by atoms with E-state index in [4.69, 9.17) is 13.9 Å². The van der Waals surface area contributed by atoms with Gasteiger partial charge >= 0.3 is 0 Å². The van der Waals surface area contributed by atoms with Gasteiger partial charge in [-0.25, -0.2) is 0 Å². The maximum Gasteiger partial charge on any atom is 0.243 e. The largest absolute Gasteiger partial charge is 0.485 e. The lowest BCUT2D eigenvalue weighted by atomic mass is 10.1. The number of benzene rings is 1. The summed E-state index contributed by atoms with van der Waals surface area (Å²) < 4.78 is 17.5. The van der Waals surface area contributed by atoms with Crippen molar-refractivity contribution in [1.82, 2.24) is 5.32 Å². The fraction of sp³-hybridized carbons (Fsp3) is 0.526. The van der Waals surface area contributed by atoms with E-state index >= 15 is 0 Å². The fourth-order valence-corrected chi connectivity index (χ4v) is 3.57. The first-order valence-corrected chi connectivity index (χ1v) is 9.30. The first kappa shape index (κ1) is 17.2. The Bertz CT molecular complexity index is 823. The van der Waals surface area contributed by atoms with Gasteiger partial charge in [-0.05, 0) is 19.1 Å². The van der Waals surface area contributed by atoms with Crippen molar-refractivity contribution < 1.29 is 13.9 Å². The average Bonchev–Trinajstić information content (AvgIpc) is 2.71. The summed E-state index contributed by atoms with van der Waals surface area (Å²) in [6.45, 7) is 8.54. The topological polar surface area (TPSA) is 67.2 Å². The molecule has 2 aliphatic heterocycles. The molecule has 0 saturated carbocycles. The summed E-state index contributed by atoms with van der Waals surface area (Å²) in [6, 6.07) is 5.76. The number of hydrogen-bond acceptors (Lipinski definition) is 7. The van der Waals surface area contributed by atoms with Crippen LogP contribution in [0, 0.1) is 0 Å². The van der Waals surface area contributed by atoms with E-state index < -0.39 is 0 Å². The van der Waals surface area contributed by atoms with Crippen molar-refractivity contribution in [2.45, 2.75) is 6.92 Å². The third-order valence-electron chi connectivity index (χ3n) is 4.88. The molecule has 1 N–H and O–H groups in total. The summed E-state index contributed by atoms with van der Waals surface area (Å²) in [6.07, 6.45) is 0. The Morgan fingerprint density at radius 3 is 2.62 bits per heavy atom. The molecular formula is C19H25N3O4. The molecule has 26 heavy (non-hydrogen) atoms. The molecule has 0 spiro atoms. The van der Waals surface area contributed by atoms with E-state index in [0.29, 0.717) is 55.5 Å². The van der Waals surface area contributed by atoms with Crippen molar-refractivity contribution in [1.29, 1.82) is 0 Å². The second-order valence-corrected chi connectivity index (χ2v) is 6.49. The maximum absolute atomic E-state index is 13.1. The Morgan fingerprint density at radius 1 is 1.12 bits per heavy atom. The first-order chi connectivity index (χ1) is 12.8. The van der Waals surface area contributed by atoms with Gasteiger partial charge < -0.3 is 29.0 Å². The summed E-state index contributed by atoms with van der Waals surface area (Å²) in [5.41, 5.74) is 1.51. The molecule has 4 rings (SSSR count). The lowest BCUT2D eigenvalue weighted by Crippen LogP contribution is -2.43. The molecule has 0 atom stereocenters. The number of nitrogens with zero attached hydrogens (tertiary/aromatic N) is 2. The van der Waals surface area contributed by atoms with Gasteiger partial charge in [0.05, 0.1) is 30.9 Å². The van der Waals surface area contributed by atoms with Crippen molar-refractivity contribution in [2.75, 3.05) is 68.9 Å². The maximum atomic E-state index is 13.1. The quantitative estimate of drug-likeness (QED) is 0.886. The van der Waals surface area contributed by atoms with Crippen LogP contribution in [-0.4, -0.2) is 59.1 Å². The van der Waals surface area contributed by atoms with Gasteiger partial charge in [-0.2, -0.15) is 0 Å². The molecule has 0 unspecified atom stereocenters. The van der Waals surface area contributed by atoms with Crippen molar-refractivity contribution in [3.8, 4) is 5.75 Å². The highest BCUT2D eigenvalue weighted by Crippen LogP contribution is 2.34. The average molecular weight is 359 g/mol. The number of nitrogens with one attached hydrogen (secondary N) is 1. The van der Waals surface area contributed by atoms with Crippen LogP contribution < -0.4 is 25.3 Å². The molecule has 140 valence electrons. The van der Waals surface area contributed by atoms with Crippen LogP contribution in [0.1, 0.15) is 6.92 Å². The molecule has 2 saturated heterocycles. The standard InChI is InChI=1S/C19H25N3O4/c1-2-25-18-16(23)14-4-3-5-15(21-8-6-20-7-9-21)17(14)26-19(18)22-10-12-24-13-11-22/h3-5,20H,2,6-13H2,1H3. The van der Waals surface area contributed by atoms with Gasteiger partial charge in [-0.1, -0.05) is 6.07 Å². The molecule has 7 nitrogen and oxygen atoms in total. The zero-order chi connectivity index (χ0) is 17.9. The molecule has 3 heterocycles. The van der Waals surface area contributed by atoms with Crippen LogP contribution in [0.4, 0.5) is 11.6 Å². The summed E-state index contributed by atoms with van der Waals surface area (Å²) in [4.78, 5) is 17.5. The van der Waals surface area contributed by atoms with Crippen molar-refractivity contribution in [2.24, 2.45) is 0 Å². The molecule has 1 aromatic carbocycles. The third-order valence-corrected chi connectivity index (χ3v) is 4.88. The van der Waals surface area contributed by atoms with E-state index in [9.17, 15) is 4.79 Å². The second-order valence-electron chi connectivity index (χ2n) is 6.49. The number of anilines is 2. The molecule has 2 fully saturated rings. The molecule has 0 aliphatic carbocycles. The highest BCUT2D eigenvalue weighted by atomic mass is 16.5. The van der Waals surface area contributed by atoms with Crippen LogP contribution in [0.3, 0.4) is 0 Å². The number of para-hydroxylation sites is 1. The molecule has 2 aromatic rings. The number of morpholine rings is 1. The monoisotopic (exact) mass is 359 g/mol. The molecule has 0 bridgehead atoms. The Kier molecular flexibility index (Phi) is 4.99. The van der Waals surface area contributed by atoms with Gasteiger partial charge in [0.25, 0.3) is 0 Å². The van der Waals surface area contributed by atoms with Gasteiger partial charge in [0.2, 0.25) is 17.1 Å². The van der Waals surface area contributed by atoms with Gasteiger partial charge in [0.15, 0.2) is 5.58 Å². The van der Waals surface area contributed by atoms with Crippen molar-refractivity contribution in [3.05, 3.63) is 28.4 Å². The number of ether oxygens (including phenoxy) is 2. The Balaban J connectivity index is 1.87. The highest BCUT2D eigenvalue weighted by molar-refractivity contribution is 5.91. The van der Waals surface area contributed by atoms with Gasteiger partial charge in [-0.3, -0.25) is 4.79 Å². The van der Waals surface area contributed by atoms with E-state index in [2.05, 4.69) is 10.2 Å². The van der Waals surface area contributed by atoms with Crippen LogP contribution >= 0.6 is 0 Å². The Morgan fingerprint density at radius 2 is 1.88 bits per heavy atom. The van der Waals surface area contributed by atoms with Crippen LogP contribution in [0.5, 0.6) is 5.75 Å². The second kappa shape index (κ2) is 7.55. The van der Waals surface area contributed by atoms with E-state index in [1.807, 2.05) is 30.0 Å². The fourth-order valence-electron chi connectivity index (χ4n) is 3.57. The molecule has 7 heteroatoms. The molecule has 0 radical (unpaired) electrons. The first-order valence-electron chi connectivity index (χ1n) is 9.30. The SMILES string of the molecule is CCOc1c(N2CCOCC2)oc2c(N3CCNCC3)cccc2c1=O. The third kappa shape index (κ3) is 3.12. The Hall–Kier alpha value is -2.25. The van der Waals surface area contributed by atoms with Crippen LogP contribution in [0.15, 0.2) is 27.4 Å². The summed E-state index contributed by atoms with van der Waals surface area (Å²) >= 11 is 0. The zero-order valence-corrected chi connectivity index (χ0v) is 15.1. The normalized spacial score (nSPS) is 18.3. The molecular weight excluding hydrogens is 334 g/mol. The number of rotatable bonds is 4. The predicted molar refractivity (Wildman–Crippen MR) is 102 cm³/mol. The van der Waals surface area contributed by atoms with Crippen LogP contribution in [-0.2, 0) is 4.74 Å². The molecule has 1 aromatic heterocycles. The highest BCUT2D eigenvalue weighted by Gasteiger charge is 2.25. The Labute approximate surface area is 152 Å². The van der Waals surface area contributed by atoms with E-state index in [1.165, 1.54) is 0 Å². The minimum Gasteiger partial charge on any atom is -0.485 e. The van der Waals surface area contributed by atoms with E-state index in [1.54, 1.807) is 0 Å². The zero-order valence-electron chi connectivity index (χ0n) is 15.1. The van der Waals surface area contributed by atoms with Crippen LogP contribution in [0.25, 0.3) is 11.0 Å². The van der Waals surface area contributed by atoms with Gasteiger partial charge in [0.1, 0.15) is 0 Å². The summed E-state index contributed by atoms with van der Waals surface area (Å²) in [7, 11) is 0. The van der Waals surface area contributed by atoms with Gasteiger partial charge in [0, 0.05) is 39.3 Å². The van der Waals surface area contributed by atoms with E-state index in [0.717, 1.165) is 31.9 Å². The molecule has 0 amide bonds. The molecule has 2 aliphatic rings. The number of fused-ring (bicyclic) bond motifs is 1. The number of hydrogen-bond donors (Lipinski definition) is 1. The lowest BCUT2D eigenvalue weighted by molar-refractivity contribution is 0.120. The van der Waals surface area contributed by atoms with Gasteiger partial charge in [-0.15, -0.1) is 0 Å². The van der Waals surface area contributed by atoms with Crippen molar-refractivity contribution >= 4 is 22.5 Å². The van der Waals surface area contributed by atoms with E-state index in [-0.39, 0.29) is 5.43 Å². The predicted octanol–water partition coefficient (Wildman–Crippen LogP) is 1.44. The summed E-state index contributed by atoms with van der Waals surface area (Å²) in [5, 5.41) is 3.93. The lowest BCUT2D eigenvalue weighted by Gasteiger charge is -2.31. The smallest absolute Gasteiger partial charge is 0.243 e.